The van der Waals surface area contributed by atoms with E-state index in [-0.39, 0.29) is 11.9 Å². The molecule has 2 aliphatic rings. The smallest absolute Gasteiger partial charge is 0.244 e. The molecule has 0 bridgehead atoms. The van der Waals surface area contributed by atoms with Crippen molar-refractivity contribution >= 4 is 11.6 Å². The van der Waals surface area contributed by atoms with Crippen molar-refractivity contribution in [2.45, 2.75) is 25.8 Å². The van der Waals surface area contributed by atoms with E-state index in [2.05, 4.69) is 41.4 Å². The number of piperazine rings is 1. The van der Waals surface area contributed by atoms with Crippen LogP contribution in [0.4, 0.5) is 5.69 Å². The molecule has 2 fully saturated rings. The molecule has 2 aliphatic heterocycles. The molecule has 1 atom stereocenters. The van der Waals surface area contributed by atoms with Crippen molar-refractivity contribution in [1.82, 2.24) is 10.2 Å². The summed E-state index contributed by atoms with van der Waals surface area (Å²) in [5.74, 6) is 0.274. The third-order valence-corrected chi connectivity index (χ3v) is 4.43. The SMILES string of the molecule is CCc1ccc(N2CCC(N3CCNCC3)C2=O)cc1. The lowest BCUT2D eigenvalue weighted by molar-refractivity contribution is -0.121. The number of carbonyl (C=O) groups is 1. The van der Waals surface area contributed by atoms with E-state index >= 15 is 0 Å². The van der Waals surface area contributed by atoms with Crippen LogP contribution in [-0.4, -0.2) is 49.6 Å². The zero-order valence-electron chi connectivity index (χ0n) is 12.1. The van der Waals surface area contributed by atoms with Gasteiger partial charge in [-0.15, -0.1) is 0 Å². The summed E-state index contributed by atoms with van der Waals surface area (Å²) in [4.78, 5) is 16.9. The summed E-state index contributed by atoms with van der Waals surface area (Å²) in [7, 11) is 0. The van der Waals surface area contributed by atoms with E-state index in [1.54, 1.807) is 0 Å². The third-order valence-electron chi connectivity index (χ3n) is 4.43. The standard InChI is InChI=1S/C16H23N3O/c1-2-13-3-5-14(6-4-13)19-10-7-15(16(19)20)18-11-8-17-9-12-18/h3-6,15,17H,2,7-12H2,1H3. The van der Waals surface area contributed by atoms with Gasteiger partial charge < -0.3 is 10.2 Å². The molecule has 20 heavy (non-hydrogen) atoms. The largest absolute Gasteiger partial charge is 0.314 e. The first-order chi connectivity index (χ1) is 9.79. The molecule has 0 radical (unpaired) electrons. The van der Waals surface area contributed by atoms with Crippen LogP contribution in [0.15, 0.2) is 24.3 Å². The molecular formula is C16H23N3O. The molecule has 1 unspecified atom stereocenters. The zero-order valence-corrected chi connectivity index (χ0v) is 12.1. The predicted molar refractivity (Wildman–Crippen MR) is 81.0 cm³/mol. The van der Waals surface area contributed by atoms with Gasteiger partial charge in [0, 0.05) is 38.4 Å². The van der Waals surface area contributed by atoms with Gasteiger partial charge in [0.2, 0.25) is 5.91 Å². The summed E-state index contributed by atoms with van der Waals surface area (Å²) in [6.45, 7) is 6.96. The zero-order chi connectivity index (χ0) is 13.9. The first-order valence-electron chi connectivity index (χ1n) is 7.64. The van der Waals surface area contributed by atoms with Gasteiger partial charge in [0.15, 0.2) is 0 Å². The van der Waals surface area contributed by atoms with E-state index in [0.29, 0.717) is 0 Å². The highest BCUT2D eigenvalue weighted by Gasteiger charge is 2.36. The predicted octanol–water partition coefficient (Wildman–Crippen LogP) is 1.26. The topological polar surface area (TPSA) is 35.6 Å². The Morgan fingerprint density at radius 1 is 1.15 bits per heavy atom. The average Bonchev–Trinajstić information content (AvgIpc) is 2.90. The van der Waals surface area contributed by atoms with Crippen molar-refractivity contribution in [1.29, 1.82) is 0 Å². The molecule has 4 nitrogen and oxygen atoms in total. The van der Waals surface area contributed by atoms with Gasteiger partial charge in [0.05, 0.1) is 6.04 Å². The number of aryl methyl sites for hydroxylation is 1. The Morgan fingerprint density at radius 2 is 1.85 bits per heavy atom. The van der Waals surface area contributed by atoms with Gasteiger partial charge in [0.1, 0.15) is 0 Å². The Hall–Kier alpha value is -1.39. The summed E-state index contributed by atoms with van der Waals surface area (Å²) in [5, 5.41) is 3.34. The molecular weight excluding hydrogens is 250 g/mol. The Balaban J connectivity index is 1.70. The lowest BCUT2D eigenvalue weighted by Crippen LogP contribution is -2.51. The number of benzene rings is 1. The molecule has 1 amide bonds. The second-order valence-electron chi connectivity index (χ2n) is 5.60. The third kappa shape index (κ3) is 2.58. The minimum Gasteiger partial charge on any atom is -0.314 e. The van der Waals surface area contributed by atoms with E-state index in [1.807, 2.05) is 4.90 Å². The van der Waals surface area contributed by atoms with Crippen LogP contribution >= 0.6 is 0 Å². The van der Waals surface area contributed by atoms with Gasteiger partial charge in [-0.25, -0.2) is 0 Å². The lowest BCUT2D eigenvalue weighted by Gasteiger charge is -2.31. The molecule has 0 spiro atoms. The van der Waals surface area contributed by atoms with Crippen LogP contribution in [0.2, 0.25) is 0 Å². The van der Waals surface area contributed by atoms with Crippen molar-refractivity contribution in [2.75, 3.05) is 37.6 Å². The monoisotopic (exact) mass is 273 g/mol. The van der Waals surface area contributed by atoms with Crippen LogP contribution in [0, 0.1) is 0 Å². The van der Waals surface area contributed by atoms with E-state index in [1.165, 1.54) is 5.56 Å². The van der Waals surface area contributed by atoms with Crippen molar-refractivity contribution < 1.29 is 4.79 Å². The van der Waals surface area contributed by atoms with E-state index in [0.717, 1.165) is 51.3 Å². The highest BCUT2D eigenvalue weighted by molar-refractivity contribution is 5.99. The Kier molecular flexibility index (Phi) is 4.03. The fourth-order valence-electron chi connectivity index (χ4n) is 3.17. The Labute approximate surface area is 120 Å². The van der Waals surface area contributed by atoms with Gasteiger partial charge in [-0.3, -0.25) is 9.69 Å². The molecule has 3 rings (SSSR count). The molecule has 1 aromatic rings. The summed E-state index contributed by atoms with van der Waals surface area (Å²) in [6, 6.07) is 8.50. The highest BCUT2D eigenvalue weighted by Crippen LogP contribution is 2.25. The summed E-state index contributed by atoms with van der Waals surface area (Å²) in [6.07, 6.45) is 1.99. The second kappa shape index (κ2) is 5.94. The van der Waals surface area contributed by atoms with Gasteiger partial charge >= 0.3 is 0 Å². The van der Waals surface area contributed by atoms with Crippen molar-refractivity contribution in [3.8, 4) is 0 Å². The number of nitrogens with zero attached hydrogens (tertiary/aromatic N) is 2. The van der Waals surface area contributed by atoms with Crippen LogP contribution in [0.5, 0.6) is 0 Å². The molecule has 4 heteroatoms. The number of carbonyl (C=O) groups excluding carboxylic acids is 1. The van der Waals surface area contributed by atoms with Crippen LogP contribution in [0.1, 0.15) is 18.9 Å². The van der Waals surface area contributed by atoms with Crippen molar-refractivity contribution in [3.05, 3.63) is 29.8 Å². The molecule has 1 N–H and O–H groups in total. The van der Waals surface area contributed by atoms with Crippen LogP contribution in [0.25, 0.3) is 0 Å². The van der Waals surface area contributed by atoms with Gasteiger partial charge in [-0.1, -0.05) is 19.1 Å². The summed E-state index contributed by atoms with van der Waals surface area (Å²) >= 11 is 0. The molecule has 0 aromatic heterocycles. The Morgan fingerprint density at radius 3 is 2.50 bits per heavy atom. The van der Waals surface area contributed by atoms with E-state index < -0.39 is 0 Å². The maximum Gasteiger partial charge on any atom is 0.244 e. The first-order valence-corrected chi connectivity index (χ1v) is 7.64. The second-order valence-corrected chi connectivity index (χ2v) is 5.60. The fourth-order valence-corrected chi connectivity index (χ4v) is 3.17. The summed E-state index contributed by atoms with van der Waals surface area (Å²) < 4.78 is 0. The molecule has 2 heterocycles. The highest BCUT2D eigenvalue weighted by atomic mass is 16.2. The van der Waals surface area contributed by atoms with Crippen molar-refractivity contribution in [3.63, 3.8) is 0 Å². The number of anilines is 1. The number of hydrogen-bond donors (Lipinski definition) is 1. The van der Waals surface area contributed by atoms with Crippen LogP contribution in [-0.2, 0) is 11.2 Å². The molecule has 0 saturated carbocycles. The first kappa shape index (κ1) is 13.6. The minimum absolute atomic E-state index is 0.0861. The number of rotatable bonds is 3. The molecule has 2 saturated heterocycles. The molecule has 0 aliphatic carbocycles. The fraction of sp³-hybridized carbons (Fsp3) is 0.562. The maximum absolute atomic E-state index is 12.6. The van der Waals surface area contributed by atoms with Gasteiger partial charge in [0.25, 0.3) is 0 Å². The lowest BCUT2D eigenvalue weighted by atomic mass is 10.1. The Bertz CT molecular complexity index is 465. The van der Waals surface area contributed by atoms with Gasteiger partial charge in [-0.05, 0) is 30.5 Å². The van der Waals surface area contributed by atoms with E-state index in [9.17, 15) is 4.79 Å². The van der Waals surface area contributed by atoms with Crippen molar-refractivity contribution in [2.24, 2.45) is 0 Å². The van der Waals surface area contributed by atoms with Crippen LogP contribution < -0.4 is 10.2 Å². The normalized spacial score (nSPS) is 24.4. The van der Waals surface area contributed by atoms with Gasteiger partial charge in [-0.2, -0.15) is 0 Å². The maximum atomic E-state index is 12.6. The molecule has 108 valence electrons. The molecule has 1 aromatic carbocycles. The quantitative estimate of drug-likeness (QED) is 0.900. The number of hydrogen-bond acceptors (Lipinski definition) is 3. The minimum atomic E-state index is 0.0861. The average molecular weight is 273 g/mol. The number of amides is 1. The van der Waals surface area contributed by atoms with E-state index in [4.69, 9.17) is 0 Å². The van der Waals surface area contributed by atoms with Crippen LogP contribution in [0.3, 0.4) is 0 Å². The summed E-state index contributed by atoms with van der Waals surface area (Å²) in [5.41, 5.74) is 2.36. The number of nitrogens with one attached hydrogen (secondary N) is 1.